The monoisotopic (exact) mass is 363 g/mol. The highest BCUT2D eigenvalue weighted by Crippen LogP contribution is 2.31. The van der Waals surface area contributed by atoms with Gasteiger partial charge in [-0.3, -0.25) is 9.59 Å². The summed E-state index contributed by atoms with van der Waals surface area (Å²) in [7, 11) is 2.96. The van der Waals surface area contributed by atoms with Gasteiger partial charge in [0.15, 0.2) is 5.92 Å². The fourth-order valence-corrected chi connectivity index (χ4v) is 2.98. The maximum atomic E-state index is 13.1. The fraction of sp³-hybridized carbons (Fsp3) is 0.190. The van der Waals surface area contributed by atoms with Crippen LogP contribution in [-0.4, -0.2) is 35.6 Å². The summed E-state index contributed by atoms with van der Waals surface area (Å²) in [5.41, 5.74) is 2.64. The summed E-state index contributed by atoms with van der Waals surface area (Å²) >= 11 is 0. The van der Waals surface area contributed by atoms with Crippen molar-refractivity contribution in [2.45, 2.75) is 6.54 Å². The number of carbonyl (C=O) groups excluding carboxylic acids is 2. The van der Waals surface area contributed by atoms with Gasteiger partial charge in [0.1, 0.15) is 0 Å². The topological polar surface area (TPSA) is 64.4 Å². The van der Waals surface area contributed by atoms with Crippen molar-refractivity contribution in [3.8, 4) is 11.1 Å². The third kappa shape index (κ3) is 4.06. The molecule has 138 valence electrons. The van der Waals surface area contributed by atoms with E-state index in [0.29, 0.717) is 0 Å². The molecule has 0 aliphatic rings. The van der Waals surface area contributed by atoms with Crippen LogP contribution in [0.15, 0.2) is 73.3 Å². The minimum atomic E-state index is -0.960. The van der Waals surface area contributed by atoms with Crippen molar-refractivity contribution < 1.29 is 14.3 Å². The molecule has 6 heteroatoms. The van der Waals surface area contributed by atoms with Crippen LogP contribution in [0.4, 0.5) is 5.69 Å². The van der Waals surface area contributed by atoms with Crippen LogP contribution in [-0.2, 0) is 20.9 Å². The molecule has 0 aliphatic heterocycles. The van der Waals surface area contributed by atoms with E-state index in [2.05, 4.69) is 4.98 Å². The molecule has 0 bridgehead atoms. The lowest BCUT2D eigenvalue weighted by Gasteiger charge is -2.25. The number of amides is 1. The molecule has 0 N–H and O–H groups in total. The number of nitrogens with zero attached hydrogens (tertiary/aromatic N) is 3. The van der Waals surface area contributed by atoms with E-state index in [0.717, 1.165) is 16.8 Å². The van der Waals surface area contributed by atoms with E-state index in [1.807, 2.05) is 54.6 Å². The number of methoxy groups -OCH3 is 1. The predicted octanol–water partition coefficient (Wildman–Crippen LogP) is 3.00. The maximum absolute atomic E-state index is 13.1. The third-order valence-electron chi connectivity index (χ3n) is 4.42. The van der Waals surface area contributed by atoms with Crippen LogP contribution in [0.2, 0.25) is 0 Å². The van der Waals surface area contributed by atoms with Crippen LogP contribution >= 0.6 is 0 Å². The number of aromatic nitrogens is 2. The van der Waals surface area contributed by atoms with Gasteiger partial charge in [0.2, 0.25) is 5.91 Å². The Labute approximate surface area is 158 Å². The molecule has 1 atom stereocenters. The molecular weight excluding hydrogens is 342 g/mol. The van der Waals surface area contributed by atoms with Gasteiger partial charge in [-0.15, -0.1) is 0 Å². The van der Waals surface area contributed by atoms with Crippen molar-refractivity contribution in [1.82, 2.24) is 9.55 Å². The van der Waals surface area contributed by atoms with Gasteiger partial charge < -0.3 is 14.2 Å². The number of esters is 1. The van der Waals surface area contributed by atoms with Gasteiger partial charge in [0, 0.05) is 31.5 Å². The van der Waals surface area contributed by atoms with Gasteiger partial charge in [-0.2, -0.15) is 0 Å². The molecule has 1 aromatic heterocycles. The highest BCUT2D eigenvalue weighted by molar-refractivity contribution is 6.07. The second kappa shape index (κ2) is 8.31. The average molecular weight is 363 g/mol. The summed E-state index contributed by atoms with van der Waals surface area (Å²) in [6, 6.07) is 17.4. The quantitative estimate of drug-likeness (QED) is 0.499. The van der Waals surface area contributed by atoms with Crippen molar-refractivity contribution in [2.75, 3.05) is 19.1 Å². The van der Waals surface area contributed by atoms with Crippen LogP contribution in [0.1, 0.15) is 0 Å². The molecular formula is C21H21N3O3. The Morgan fingerprint density at radius 1 is 1.11 bits per heavy atom. The van der Waals surface area contributed by atoms with Crippen LogP contribution in [0.5, 0.6) is 0 Å². The van der Waals surface area contributed by atoms with E-state index in [1.165, 1.54) is 12.0 Å². The fourth-order valence-electron chi connectivity index (χ4n) is 2.98. The molecule has 2 aromatic carbocycles. The first-order valence-electron chi connectivity index (χ1n) is 8.57. The first-order chi connectivity index (χ1) is 13.1. The molecule has 0 fully saturated rings. The Bertz CT molecular complexity index is 907. The van der Waals surface area contributed by atoms with E-state index in [4.69, 9.17) is 4.74 Å². The summed E-state index contributed by atoms with van der Waals surface area (Å²) in [4.78, 5) is 30.9. The standard InChI is InChI=1S/C21H21N3O3/c1-23(19-11-7-6-10-17(19)16-8-4-3-5-9-16)20(25)18(21(26)27-2)14-24-13-12-22-15-24/h3-13,15,18H,14H2,1-2H3/t18-/m0/s1. The van der Waals surface area contributed by atoms with Gasteiger partial charge in [-0.05, 0) is 11.6 Å². The maximum Gasteiger partial charge on any atom is 0.320 e. The van der Waals surface area contributed by atoms with Gasteiger partial charge >= 0.3 is 5.97 Å². The number of hydrogen-bond acceptors (Lipinski definition) is 4. The smallest absolute Gasteiger partial charge is 0.320 e. The summed E-state index contributed by atoms with van der Waals surface area (Å²) in [6.07, 6.45) is 4.88. The summed E-state index contributed by atoms with van der Waals surface area (Å²) in [5, 5.41) is 0. The Morgan fingerprint density at radius 3 is 2.48 bits per heavy atom. The lowest BCUT2D eigenvalue weighted by molar-refractivity contribution is -0.149. The highest BCUT2D eigenvalue weighted by Gasteiger charge is 2.32. The molecule has 0 radical (unpaired) electrons. The normalized spacial score (nSPS) is 11.6. The molecule has 0 spiro atoms. The van der Waals surface area contributed by atoms with Crippen molar-refractivity contribution >= 4 is 17.6 Å². The highest BCUT2D eigenvalue weighted by atomic mass is 16.5. The summed E-state index contributed by atoms with van der Waals surface area (Å²) < 4.78 is 6.55. The van der Waals surface area contributed by atoms with E-state index < -0.39 is 11.9 Å². The Morgan fingerprint density at radius 2 is 1.81 bits per heavy atom. The molecule has 27 heavy (non-hydrogen) atoms. The number of hydrogen-bond donors (Lipinski definition) is 0. The van der Waals surface area contributed by atoms with Gasteiger partial charge in [-0.1, -0.05) is 48.5 Å². The molecule has 3 rings (SSSR count). The molecule has 3 aromatic rings. The van der Waals surface area contributed by atoms with Crippen molar-refractivity contribution in [3.63, 3.8) is 0 Å². The average Bonchev–Trinajstić information content (AvgIpc) is 3.24. The first kappa shape index (κ1) is 18.4. The second-order valence-corrected chi connectivity index (χ2v) is 6.12. The zero-order valence-electron chi connectivity index (χ0n) is 15.3. The Balaban J connectivity index is 1.93. The minimum Gasteiger partial charge on any atom is -0.468 e. The number of carbonyl (C=O) groups is 2. The predicted molar refractivity (Wildman–Crippen MR) is 103 cm³/mol. The van der Waals surface area contributed by atoms with E-state index >= 15 is 0 Å². The van der Waals surface area contributed by atoms with Gasteiger partial charge in [0.05, 0.1) is 19.1 Å². The summed E-state index contributed by atoms with van der Waals surface area (Å²) in [5.74, 6) is -1.87. The van der Waals surface area contributed by atoms with Crippen LogP contribution in [0.3, 0.4) is 0 Å². The molecule has 1 amide bonds. The van der Waals surface area contributed by atoms with Crippen LogP contribution in [0.25, 0.3) is 11.1 Å². The molecule has 0 saturated carbocycles. The van der Waals surface area contributed by atoms with Gasteiger partial charge in [-0.25, -0.2) is 4.98 Å². The van der Waals surface area contributed by atoms with E-state index in [-0.39, 0.29) is 12.5 Å². The zero-order valence-corrected chi connectivity index (χ0v) is 15.3. The number of imidazole rings is 1. The number of rotatable bonds is 6. The number of ether oxygens (including phenoxy) is 1. The third-order valence-corrected chi connectivity index (χ3v) is 4.42. The van der Waals surface area contributed by atoms with Crippen LogP contribution in [0, 0.1) is 5.92 Å². The Kier molecular flexibility index (Phi) is 5.66. The van der Waals surface area contributed by atoms with Crippen LogP contribution < -0.4 is 4.90 Å². The molecule has 6 nitrogen and oxygen atoms in total. The first-order valence-corrected chi connectivity index (χ1v) is 8.57. The number of anilines is 1. The molecule has 0 unspecified atom stereocenters. The lowest BCUT2D eigenvalue weighted by atomic mass is 10.0. The largest absolute Gasteiger partial charge is 0.468 e. The number of benzene rings is 2. The number of para-hydroxylation sites is 1. The molecule has 1 heterocycles. The summed E-state index contributed by atoms with van der Waals surface area (Å²) in [6.45, 7) is 0.170. The molecule has 0 aliphatic carbocycles. The zero-order chi connectivity index (χ0) is 19.2. The second-order valence-electron chi connectivity index (χ2n) is 6.12. The van der Waals surface area contributed by atoms with E-state index in [1.54, 1.807) is 30.3 Å². The Hall–Kier alpha value is -3.41. The van der Waals surface area contributed by atoms with E-state index in [9.17, 15) is 9.59 Å². The van der Waals surface area contributed by atoms with Gasteiger partial charge in [0.25, 0.3) is 0 Å². The minimum absolute atomic E-state index is 0.170. The van der Waals surface area contributed by atoms with Crippen molar-refractivity contribution in [3.05, 3.63) is 73.3 Å². The SMILES string of the molecule is COC(=O)[C@@H](Cn1ccnc1)C(=O)N(C)c1ccccc1-c1ccccc1. The molecule has 0 saturated heterocycles. The lowest BCUT2D eigenvalue weighted by Crippen LogP contribution is -2.40. The van der Waals surface area contributed by atoms with Crippen molar-refractivity contribution in [2.24, 2.45) is 5.92 Å². The van der Waals surface area contributed by atoms with Crippen molar-refractivity contribution in [1.29, 1.82) is 0 Å².